The minimum absolute atomic E-state index is 0.00330. The zero-order chi connectivity index (χ0) is 13.7. The molecule has 0 saturated carbocycles. The Labute approximate surface area is 114 Å². The molecule has 1 atom stereocenters. The molecule has 2 rings (SSSR count). The Hall–Kier alpha value is -1.14. The molecule has 0 unspecified atom stereocenters. The van der Waals surface area contributed by atoms with E-state index in [0.29, 0.717) is 13.1 Å². The van der Waals surface area contributed by atoms with Crippen LogP contribution in [0.4, 0.5) is 0 Å². The Morgan fingerprint density at radius 1 is 1.11 bits per heavy atom. The maximum atomic E-state index is 12.4. The zero-order valence-corrected chi connectivity index (χ0v) is 11.4. The van der Waals surface area contributed by atoms with Crippen LogP contribution in [0.2, 0.25) is 0 Å². The van der Waals surface area contributed by atoms with E-state index in [1.807, 2.05) is 9.80 Å². The van der Waals surface area contributed by atoms with Gasteiger partial charge in [-0.25, -0.2) is 0 Å². The maximum Gasteiger partial charge on any atom is 0.239 e. The SMILES string of the molecule is NC(=O)CN1CCCN(C(=O)[C@@H]2CCCCN2)CC1. The highest BCUT2D eigenvalue weighted by Gasteiger charge is 2.27. The van der Waals surface area contributed by atoms with E-state index in [0.717, 1.165) is 51.9 Å². The maximum absolute atomic E-state index is 12.4. The summed E-state index contributed by atoms with van der Waals surface area (Å²) in [4.78, 5) is 27.3. The molecule has 0 bridgehead atoms. The normalized spacial score (nSPS) is 25.9. The fraction of sp³-hybridized carbons (Fsp3) is 0.846. The largest absolute Gasteiger partial charge is 0.369 e. The lowest BCUT2D eigenvalue weighted by molar-refractivity contribution is -0.133. The first-order valence-electron chi connectivity index (χ1n) is 7.19. The average molecular weight is 268 g/mol. The first-order valence-corrected chi connectivity index (χ1v) is 7.19. The van der Waals surface area contributed by atoms with E-state index >= 15 is 0 Å². The number of amides is 2. The summed E-state index contributed by atoms with van der Waals surface area (Å²) in [5.41, 5.74) is 5.21. The third-order valence-corrected chi connectivity index (χ3v) is 3.89. The summed E-state index contributed by atoms with van der Waals surface area (Å²) in [5, 5.41) is 3.30. The van der Waals surface area contributed by atoms with Crippen molar-refractivity contribution in [2.24, 2.45) is 5.73 Å². The van der Waals surface area contributed by atoms with Crippen molar-refractivity contribution in [3.8, 4) is 0 Å². The van der Waals surface area contributed by atoms with Gasteiger partial charge in [-0.1, -0.05) is 6.42 Å². The van der Waals surface area contributed by atoms with Crippen LogP contribution in [0.15, 0.2) is 0 Å². The zero-order valence-electron chi connectivity index (χ0n) is 11.4. The number of carbonyl (C=O) groups excluding carboxylic acids is 2. The van der Waals surface area contributed by atoms with Gasteiger partial charge in [-0.05, 0) is 25.8 Å². The molecule has 2 aliphatic rings. The van der Waals surface area contributed by atoms with Crippen molar-refractivity contribution in [1.82, 2.24) is 15.1 Å². The Bertz CT molecular complexity index is 329. The summed E-state index contributed by atoms with van der Waals surface area (Å²) in [6.45, 7) is 4.30. The van der Waals surface area contributed by atoms with Gasteiger partial charge in [0.05, 0.1) is 12.6 Å². The number of nitrogens with zero attached hydrogens (tertiary/aromatic N) is 2. The minimum atomic E-state index is -0.297. The molecule has 2 amide bonds. The number of primary amides is 1. The number of carbonyl (C=O) groups is 2. The highest BCUT2D eigenvalue weighted by molar-refractivity contribution is 5.82. The van der Waals surface area contributed by atoms with Crippen molar-refractivity contribution in [2.45, 2.75) is 31.7 Å². The first kappa shape index (κ1) is 14.3. The highest BCUT2D eigenvalue weighted by Crippen LogP contribution is 2.12. The lowest BCUT2D eigenvalue weighted by atomic mass is 10.0. The molecule has 19 heavy (non-hydrogen) atoms. The summed E-state index contributed by atoms with van der Waals surface area (Å²) >= 11 is 0. The van der Waals surface area contributed by atoms with E-state index in [-0.39, 0.29) is 17.9 Å². The van der Waals surface area contributed by atoms with Crippen molar-refractivity contribution < 1.29 is 9.59 Å². The molecule has 3 N–H and O–H groups in total. The second kappa shape index (κ2) is 6.86. The second-order valence-electron chi connectivity index (χ2n) is 5.42. The summed E-state index contributed by atoms with van der Waals surface area (Å²) < 4.78 is 0. The van der Waals surface area contributed by atoms with Gasteiger partial charge in [0.15, 0.2) is 0 Å². The van der Waals surface area contributed by atoms with E-state index in [1.54, 1.807) is 0 Å². The van der Waals surface area contributed by atoms with E-state index in [2.05, 4.69) is 5.32 Å². The van der Waals surface area contributed by atoms with Crippen LogP contribution in [0.3, 0.4) is 0 Å². The van der Waals surface area contributed by atoms with Crippen molar-refractivity contribution in [3.05, 3.63) is 0 Å². The molecule has 2 heterocycles. The Balaban J connectivity index is 1.84. The number of hydrogen-bond acceptors (Lipinski definition) is 4. The fourth-order valence-electron chi connectivity index (χ4n) is 2.85. The smallest absolute Gasteiger partial charge is 0.239 e. The Kier molecular flexibility index (Phi) is 5.15. The highest BCUT2D eigenvalue weighted by atomic mass is 16.2. The summed E-state index contributed by atoms with van der Waals surface area (Å²) in [6.07, 6.45) is 4.15. The third-order valence-electron chi connectivity index (χ3n) is 3.89. The van der Waals surface area contributed by atoms with Gasteiger partial charge in [-0.15, -0.1) is 0 Å². The average Bonchev–Trinajstić information content (AvgIpc) is 2.64. The minimum Gasteiger partial charge on any atom is -0.369 e. The summed E-state index contributed by atoms with van der Waals surface area (Å²) in [6, 6.07) is -0.00330. The van der Waals surface area contributed by atoms with Crippen LogP contribution < -0.4 is 11.1 Å². The second-order valence-corrected chi connectivity index (χ2v) is 5.42. The number of rotatable bonds is 3. The molecular weight excluding hydrogens is 244 g/mol. The number of nitrogens with two attached hydrogens (primary N) is 1. The Morgan fingerprint density at radius 3 is 2.63 bits per heavy atom. The van der Waals surface area contributed by atoms with E-state index < -0.39 is 0 Å². The van der Waals surface area contributed by atoms with Gasteiger partial charge in [-0.3, -0.25) is 14.5 Å². The molecule has 6 heteroatoms. The van der Waals surface area contributed by atoms with Gasteiger partial charge in [0, 0.05) is 26.2 Å². The van der Waals surface area contributed by atoms with Gasteiger partial charge in [0.25, 0.3) is 0 Å². The van der Waals surface area contributed by atoms with Crippen LogP contribution in [-0.2, 0) is 9.59 Å². The van der Waals surface area contributed by atoms with Crippen LogP contribution in [0, 0.1) is 0 Å². The number of hydrogen-bond donors (Lipinski definition) is 2. The van der Waals surface area contributed by atoms with E-state index in [1.165, 1.54) is 0 Å². The van der Waals surface area contributed by atoms with Gasteiger partial charge >= 0.3 is 0 Å². The molecule has 2 fully saturated rings. The molecule has 2 aliphatic heterocycles. The predicted molar refractivity (Wildman–Crippen MR) is 72.5 cm³/mol. The molecule has 0 aromatic heterocycles. The first-order chi connectivity index (χ1) is 9.16. The number of piperidine rings is 1. The van der Waals surface area contributed by atoms with Crippen LogP contribution in [-0.4, -0.2) is 66.9 Å². The molecule has 0 aromatic rings. The van der Waals surface area contributed by atoms with Crippen LogP contribution in [0.1, 0.15) is 25.7 Å². The molecule has 0 aromatic carbocycles. The standard InChI is InChI=1S/C13H24N4O2/c14-12(18)10-16-6-3-7-17(9-8-16)13(19)11-4-1-2-5-15-11/h11,15H,1-10H2,(H2,14,18)/t11-/m0/s1. The molecule has 0 spiro atoms. The van der Waals surface area contributed by atoms with Crippen LogP contribution in [0.5, 0.6) is 0 Å². The van der Waals surface area contributed by atoms with Gasteiger partial charge < -0.3 is 16.0 Å². The van der Waals surface area contributed by atoms with E-state index in [4.69, 9.17) is 5.73 Å². The van der Waals surface area contributed by atoms with Crippen molar-refractivity contribution in [2.75, 3.05) is 39.3 Å². The lowest BCUT2D eigenvalue weighted by Gasteiger charge is -2.29. The monoisotopic (exact) mass is 268 g/mol. The number of nitrogens with one attached hydrogen (secondary N) is 1. The van der Waals surface area contributed by atoms with Gasteiger partial charge in [0.1, 0.15) is 0 Å². The summed E-state index contributed by atoms with van der Waals surface area (Å²) in [5.74, 6) is -0.0747. The topological polar surface area (TPSA) is 78.7 Å². The Morgan fingerprint density at radius 2 is 1.95 bits per heavy atom. The van der Waals surface area contributed by atoms with Crippen LogP contribution in [0.25, 0.3) is 0 Å². The molecule has 0 radical (unpaired) electrons. The van der Waals surface area contributed by atoms with Crippen molar-refractivity contribution in [3.63, 3.8) is 0 Å². The molecule has 6 nitrogen and oxygen atoms in total. The quantitative estimate of drug-likeness (QED) is 0.699. The third kappa shape index (κ3) is 4.18. The van der Waals surface area contributed by atoms with Gasteiger partial charge in [0.2, 0.25) is 11.8 Å². The van der Waals surface area contributed by atoms with Gasteiger partial charge in [-0.2, -0.15) is 0 Å². The lowest BCUT2D eigenvalue weighted by Crippen LogP contribution is -2.49. The molecule has 108 valence electrons. The predicted octanol–water partition coefficient (Wildman–Crippen LogP) is -0.852. The summed E-state index contributed by atoms with van der Waals surface area (Å²) in [7, 11) is 0. The molecular formula is C13H24N4O2. The van der Waals surface area contributed by atoms with E-state index in [9.17, 15) is 9.59 Å². The van der Waals surface area contributed by atoms with Crippen LogP contribution >= 0.6 is 0 Å². The van der Waals surface area contributed by atoms with Crippen molar-refractivity contribution in [1.29, 1.82) is 0 Å². The molecule has 2 saturated heterocycles. The fourth-order valence-corrected chi connectivity index (χ4v) is 2.85. The van der Waals surface area contributed by atoms with Crippen molar-refractivity contribution >= 4 is 11.8 Å². The molecule has 0 aliphatic carbocycles.